The van der Waals surface area contributed by atoms with Crippen molar-refractivity contribution in [2.45, 2.75) is 0 Å². The van der Waals surface area contributed by atoms with Gasteiger partial charge in [0.05, 0.1) is 39.8 Å². The first-order valence-electron chi connectivity index (χ1n) is 41.8. The van der Waals surface area contributed by atoms with Crippen LogP contribution in [0.25, 0.3) is 67.0 Å². The minimum Gasteiger partial charge on any atom is -0.311 e. The van der Waals surface area contributed by atoms with Gasteiger partial charge in [-0.25, -0.2) is 0 Å². The summed E-state index contributed by atoms with van der Waals surface area (Å²) in [5.74, 6) is 0. The summed E-state index contributed by atoms with van der Waals surface area (Å²) in [7, 11) is 0. The van der Waals surface area contributed by atoms with Gasteiger partial charge in [-0.05, 0) is 182 Å². The predicted molar refractivity (Wildman–Crippen MR) is 512 cm³/mol. The Hall–Kier alpha value is -16.0. The van der Waals surface area contributed by atoms with Gasteiger partial charge in [0.2, 0.25) is 0 Å². The lowest BCUT2D eigenvalue weighted by molar-refractivity contribution is 1.21. The highest BCUT2D eigenvalue weighted by Gasteiger charge is 2.50. The third kappa shape index (κ3) is 12.1. The van der Waals surface area contributed by atoms with Crippen LogP contribution in [0.15, 0.2) is 461 Å². The fourth-order valence-corrected chi connectivity index (χ4v) is 19.4. The highest BCUT2D eigenvalue weighted by atomic mass is 15.2. The number of hydrogen-bond acceptors (Lipinski definition) is 8. The maximum Gasteiger partial charge on any atom is 0.252 e. The maximum atomic E-state index is 5.40. The van der Waals surface area contributed by atoms with Crippen molar-refractivity contribution in [1.29, 1.82) is 0 Å². The van der Waals surface area contributed by atoms with E-state index in [0.29, 0.717) is 0 Å². The van der Waals surface area contributed by atoms with Gasteiger partial charge < -0.3 is 29.4 Å². The Bertz CT molecular complexity index is 7040. The molecule has 0 unspecified atom stereocenters. The number of rotatable bonds is 16. The van der Waals surface area contributed by atoms with Crippen LogP contribution >= 0.6 is 0 Å². The molecule has 8 nitrogen and oxygen atoms in total. The molecular formula is C112H76B2N8. The van der Waals surface area contributed by atoms with Gasteiger partial charge in [0.15, 0.2) is 0 Å². The fourth-order valence-electron chi connectivity index (χ4n) is 19.4. The van der Waals surface area contributed by atoms with Crippen LogP contribution in [0.2, 0.25) is 0 Å². The van der Waals surface area contributed by atoms with E-state index in [2.05, 4.69) is 478 Å². The SMILES string of the molecule is c1ccc(-c2ccc(-c3ccccc3N(c3ccccc3)c3cc4c5c(c3)N(c3ccccc3-c3ccc(-c6ccccc6)cn3)c3ccccc3B5c3cc5c(cc3N4c3ccccc3)N(c3c(-c4ccccc4)cccc3-c3ccccc3)c3cc(N(c4ccccc4)c4ccccc4)cc4c3B5c3ccccc3N4c3ccccc3)nc2)cc1. The normalized spacial score (nSPS) is 12.5. The van der Waals surface area contributed by atoms with Crippen molar-refractivity contribution < 1.29 is 0 Å². The topological polar surface area (TPSA) is 45.2 Å². The monoisotopic (exact) mass is 1550 g/mol. The van der Waals surface area contributed by atoms with Gasteiger partial charge >= 0.3 is 0 Å². The lowest BCUT2D eigenvalue weighted by Gasteiger charge is -2.48. The zero-order valence-corrected chi connectivity index (χ0v) is 66.6. The molecule has 0 bridgehead atoms. The Kier molecular flexibility index (Phi) is 17.6. The molecule has 0 N–H and O–H groups in total. The Labute approximate surface area is 711 Å². The minimum absolute atomic E-state index is 0.298. The van der Waals surface area contributed by atoms with E-state index in [1.807, 2.05) is 12.4 Å². The Morgan fingerprint density at radius 3 is 1.02 bits per heavy atom. The molecule has 10 heteroatoms. The summed E-state index contributed by atoms with van der Waals surface area (Å²) >= 11 is 0. The molecule has 17 aromatic carbocycles. The van der Waals surface area contributed by atoms with E-state index in [0.717, 1.165) is 169 Å². The molecule has 4 aliphatic rings. The van der Waals surface area contributed by atoms with E-state index in [1.54, 1.807) is 0 Å². The van der Waals surface area contributed by atoms with Crippen molar-refractivity contribution in [3.05, 3.63) is 461 Å². The molecule has 0 spiro atoms. The van der Waals surface area contributed by atoms with Crippen LogP contribution in [0.5, 0.6) is 0 Å². The van der Waals surface area contributed by atoms with Crippen molar-refractivity contribution in [3.63, 3.8) is 0 Å². The van der Waals surface area contributed by atoms with Gasteiger partial charge in [0.1, 0.15) is 0 Å². The highest BCUT2D eigenvalue weighted by molar-refractivity contribution is 7.03. The van der Waals surface area contributed by atoms with Crippen LogP contribution in [0.3, 0.4) is 0 Å². The molecule has 0 aliphatic carbocycles. The second kappa shape index (κ2) is 30.2. The van der Waals surface area contributed by atoms with Crippen molar-refractivity contribution in [1.82, 2.24) is 9.97 Å². The zero-order chi connectivity index (χ0) is 80.6. The van der Waals surface area contributed by atoms with Crippen LogP contribution in [0, 0.1) is 0 Å². The molecule has 6 heterocycles. The predicted octanol–water partition coefficient (Wildman–Crippen LogP) is 25.6. The van der Waals surface area contributed by atoms with E-state index < -0.39 is 0 Å². The Morgan fingerprint density at radius 1 is 0.197 bits per heavy atom. The molecule has 122 heavy (non-hydrogen) atoms. The highest BCUT2D eigenvalue weighted by Crippen LogP contribution is 2.56. The third-order valence-corrected chi connectivity index (χ3v) is 24.6. The summed E-state index contributed by atoms with van der Waals surface area (Å²) < 4.78 is 0. The van der Waals surface area contributed by atoms with E-state index >= 15 is 0 Å². The van der Waals surface area contributed by atoms with Crippen molar-refractivity contribution in [3.8, 4) is 67.0 Å². The fraction of sp³-hybridized carbons (Fsp3) is 0. The number of nitrogens with zero attached hydrogens (tertiary/aromatic N) is 8. The number of hydrogen-bond donors (Lipinski definition) is 0. The molecule has 19 aromatic rings. The maximum absolute atomic E-state index is 5.40. The zero-order valence-electron chi connectivity index (χ0n) is 66.6. The number of benzene rings is 17. The molecule has 0 radical (unpaired) electrons. The van der Waals surface area contributed by atoms with Crippen molar-refractivity contribution in [2.24, 2.45) is 0 Å². The van der Waals surface area contributed by atoms with E-state index in [4.69, 9.17) is 9.97 Å². The second-order valence-electron chi connectivity index (χ2n) is 31.5. The van der Waals surface area contributed by atoms with Crippen LogP contribution in [-0.4, -0.2) is 23.4 Å². The molecule has 2 aromatic heterocycles. The van der Waals surface area contributed by atoms with Crippen molar-refractivity contribution in [2.75, 3.05) is 29.4 Å². The van der Waals surface area contributed by atoms with E-state index in [-0.39, 0.29) is 13.4 Å². The number of para-hydroxylation sites is 10. The summed E-state index contributed by atoms with van der Waals surface area (Å²) in [6, 6.07) is 165. The summed E-state index contributed by atoms with van der Waals surface area (Å²) in [5.41, 5.74) is 38.3. The number of aromatic nitrogens is 2. The number of anilines is 18. The largest absolute Gasteiger partial charge is 0.311 e. The smallest absolute Gasteiger partial charge is 0.252 e. The quantitative estimate of drug-likeness (QED) is 0.0887. The summed E-state index contributed by atoms with van der Waals surface area (Å²) in [6.07, 6.45) is 4.04. The molecule has 0 saturated carbocycles. The Balaban J connectivity index is 0.845. The van der Waals surface area contributed by atoms with Crippen molar-refractivity contribution >= 4 is 149 Å². The molecule has 0 amide bonds. The molecule has 0 atom stereocenters. The van der Waals surface area contributed by atoms with Gasteiger partial charge in [-0.3, -0.25) is 9.97 Å². The first kappa shape index (κ1) is 71.3. The van der Waals surface area contributed by atoms with Gasteiger partial charge in [0, 0.05) is 120 Å². The summed E-state index contributed by atoms with van der Waals surface area (Å²) in [4.78, 5) is 26.0. The average molecular weight is 1560 g/mol. The molecule has 570 valence electrons. The lowest BCUT2D eigenvalue weighted by Crippen LogP contribution is -2.65. The molecule has 0 fully saturated rings. The van der Waals surface area contributed by atoms with E-state index in [1.165, 1.54) is 32.8 Å². The van der Waals surface area contributed by atoms with Crippen LogP contribution in [0.1, 0.15) is 0 Å². The van der Waals surface area contributed by atoms with Gasteiger partial charge in [0.25, 0.3) is 13.4 Å². The standard InChI is InChI=1S/C112H76B2N8/c1-10-37-77(38-11-1)81-65-67-98(115-75-81)92-55-28-32-61-100(92)118(85-49-22-7-23-50-85)89-71-107-110-108(72-89)121(101-62-33-29-56-93(101)99-68-66-82(76-116-99)78-39-12-2-13-40-78)103-64-35-31-60-95(103)114(110)96-73-97-105(74-104(96)120(107)87-53-26-9-27-54-87)122(112-90(79-41-14-3-15-42-79)57-36-58-91(112)80-43-16-4-17-44-80)109-70-88(117(83-45-18-5-19-46-83)84-47-20-6-21-48-84)69-106-111(109)113(97)94-59-30-34-63-102(94)119(106)86-51-24-8-25-52-86/h1-76H. The minimum atomic E-state index is -0.333. The Morgan fingerprint density at radius 2 is 0.541 bits per heavy atom. The summed E-state index contributed by atoms with van der Waals surface area (Å²) in [5, 5.41) is 0. The van der Waals surface area contributed by atoms with Crippen LogP contribution in [0.4, 0.5) is 102 Å². The number of fused-ring (bicyclic) bond motifs is 8. The summed E-state index contributed by atoms with van der Waals surface area (Å²) in [6.45, 7) is -0.632. The van der Waals surface area contributed by atoms with E-state index in [9.17, 15) is 0 Å². The number of pyridine rings is 2. The molecule has 23 rings (SSSR count). The van der Waals surface area contributed by atoms with Crippen LogP contribution in [-0.2, 0) is 0 Å². The average Bonchev–Trinajstić information content (AvgIpc) is 0.678. The van der Waals surface area contributed by atoms with Gasteiger partial charge in [-0.15, -0.1) is 0 Å². The molecular weight excluding hydrogens is 1480 g/mol. The van der Waals surface area contributed by atoms with Gasteiger partial charge in [-0.1, -0.05) is 322 Å². The molecule has 4 aliphatic heterocycles. The lowest BCUT2D eigenvalue weighted by atomic mass is 9.30. The van der Waals surface area contributed by atoms with Gasteiger partial charge in [-0.2, -0.15) is 0 Å². The first-order valence-corrected chi connectivity index (χ1v) is 41.8. The van der Waals surface area contributed by atoms with Crippen LogP contribution < -0.4 is 62.2 Å². The molecule has 0 saturated heterocycles. The third-order valence-electron chi connectivity index (χ3n) is 24.6. The first-order chi connectivity index (χ1) is 60.6. The second-order valence-corrected chi connectivity index (χ2v) is 31.5.